The van der Waals surface area contributed by atoms with E-state index in [4.69, 9.17) is 20.4 Å². The number of nitrogens with zero attached hydrogens (tertiary/aromatic N) is 4. The minimum atomic E-state index is -0.550. The normalized spacial score (nSPS) is 13.3. The first-order valence-corrected chi connectivity index (χ1v) is 11.3. The molecule has 1 aromatic carbocycles. The van der Waals surface area contributed by atoms with E-state index in [1.807, 2.05) is 12.1 Å². The molecule has 0 saturated heterocycles. The predicted molar refractivity (Wildman–Crippen MR) is 125 cm³/mol. The zero-order chi connectivity index (χ0) is 22.1. The van der Waals surface area contributed by atoms with Gasteiger partial charge in [-0.05, 0) is 42.8 Å². The molecule has 0 saturated carbocycles. The number of nitrogens with two attached hydrogens (primary N) is 1. The molecule has 0 unspecified atom stereocenters. The van der Waals surface area contributed by atoms with Crippen molar-refractivity contribution in [3.63, 3.8) is 0 Å². The smallest absolute Gasteiger partial charge is 0.304 e. The van der Waals surface area contributed by atoms with Crippen molar-refractivity contribution in [3.8, 4) is 12.0 Å². The Balaban J connectivity index is 1.67. The summed E-state index contributed by atoms with van der Waals surface area (Å²) < 4.78 is 7.24. The van der Waals surface area contributed by atoms with E-state index in [9.17, 15) is 4.79 Å². The number of nitrogens with one attached hydrogen (secondary N) is 2. The number of thiophene rings is 1. The fourth-order valence-electron chi connectivity index (χ4n) is 3.93. The Morgan fingerprint density at radius 2 is 2.16 bits per heavy atom. The van der Waals surface area contributed by atoms with E-state index in [0.29, 0.717) is 29.1 Å². The molecular weight excluding hydrogens is 426 g/mol. The first-order valence-electron chi connectivity index (χ1n) is 10.4. The Labute approximate surface area is 188 Å². The van der Waals surface area contributed by atoms with Gasteiger partial charge in [-0.2, -0.15) is 15.0 Å². The average Bonchev–Trinajstić information content (AvgIpc) is 3.38. The zero-order valence-corrected chi connectivity index (χ0v) is 18.4. The van der Waals surface area contributed by atoms with Gasteiger partial charge in [0.2, 0.25) is 5.95 Å². The highest BCUT2D eigenvalue weighted by Crippen LogP contribution is 2.31. The van der Waals surface area contributed by atoms with Crippen LogP contribution in [0.4, 0.5) is 11.6 Å². The number of imidazole rings is 1. The van der Waals surface area contributed by atoms with E-state index < -0.39 is 5.91 Å². The van der Waals surface area contributed by atoms with Crippen LogP contribution in [0.2, 0.25) is 0 Å². The lowest BCUT2D eigenvalue weighted by Gasteiger charge is -2.16. The molecule has 1 aliphatic heterocycles. The number of anilines is 2. The van der Waals surface area contributed by atoms with Crippen LogP contribution in [0.1, 0.15) is 33.6 Å². The number of primary amides is 1. The van der Waals surface area contributed by atoms with Crippen LogP contribution in [-0.4, -0.2) is 39.1 Å². The third kappa shape index (κ3) is 3.62. The molecular formula is C22H23N7O2S. The quantitative estimate of drug-likeness (QED) is 0.413. The van der Waals surface area contributed by atoms with Crippen molar-refractivity contribution in [2.45, 2.75) is 25.8 Å². The Kier molecular flexibility index (Phi) is 5.36. The van der Waals surface area contributed by atoms with Gasteiger partial charge in [0.25, 0.3) is 5.91 Å². The van der Waals surface area contributed by atoms with Crippen LogP contribution in [0.15, 0.2) is 35.7 Å². The van der Waals surface area contributed by atoms with Crippen LogP contribution < -0.4 is 21.1 Å². The van der Waals surface area contributed by atoms with E-state index in [1.54, 1.807) is 28.0 Å². The second-order valence-corrected chi connectivity index (χ2v) is 8.52. The lowest BCUT2D eigenvalue weighted by molar-refractivity contribution is 0.100. The van der Waals surface area contributed by atoms with Crippen LogP contribution in [-0.2, 0) is 13.0 Å². The summed E-state index contributed by atoms with van der Waals surface area (Å²) in [5.41, 5.74) is 8.06. The summed E-state index contributed by atoms with van der Waals surface area (Å²) in [6.45, 7) is 1.52. The number of hydrogen-bond donors (Lipinski definition) is 3. The Bertz CT molecular complexity index is 1280. The summed E-state index contributed by atoms with van der Waals surface area (Å²) in [7, 11) is 1.53. The third-order valence-corrected chi connectivity index (χ3v) is 6.33. The molecule has 4 heterocycles. The molecule has 164 valence electrons. The number of aromatic nitrogens is 4. The van der Waals surface area contributed by atoms with Gasteiger partial charge in [-0.3, -0.25) is 4.79 Å². The highest BCUT2D eigenvalue weighted by Gasteiger charge is 2.23. The SMILES string of the molecule is COc1nc2c(C(N)=O)cccc2n1-c1nc2c(c(NCc3cccs3)n1)CCCCN2. The summed E-state index contributed by atoms with van der Waals surface area (Å²) in [6.07, 6.45) is 3.02. The van der Waals surface area contributed by atoms with Crippen molar-refractivity contribution >= 4 is 39.9 Å². The molecule has 0 aliphatic carbocycles. The van der Waals surface area contributed by atoms with Crippen LogP contribution >= 0.6 is 11.3 Å². The van der Waals surface area contributed by atoms with Gasteiger partial charge in [-0.25, -0.2) is 4.57 Å². The van der Waals surface area contributed by atoms with E-state index in [-0.39, 0.29) is 6.01 Å². The van der Waals surface area contributed by atoms with Crippen molar-refractivity contribution in [3.05, 3.63) is 51.7 Å². The zero-order valence-electron chi connectivity index (χ0n) is 17.6. The Morgan fingerprint density at radius 3 is 2.94 bits per heavy atom. The van der Waals surface area contributed by atoms with E-state index in [2.05, 4.69) is 27.1 Å². The van der Waals surface area contributed by atoms with Crippen LogP contribution in [0.25, 0.3) is 17.0 Å². The summed E-state index contributed by atoms with van der Waals surface area (Å²) in [5.74, 6) is 1.44. The average molecular weight is 450 g/mol. The number of benzene rings is 1. The van der Waals surface area contributed by atoms with Crippen molar-refractivity contribution in [2.24, 2.45) is 5.73 Å². The van der Waals surface area contributed by atoms with Gasteiger partial charge in [0.15, 0.2) is 0 Å². The van der Waals surface area contributed by atoms with Crippen molar-refractivity contribution in [1.82, 2.24) is 19.5 Å². The number of fused-ring (bicyclic) bond motifs is 2. The first-order chi connectivity index (χ1) is 15.7. The van der Waals surface area contributed by atoms with Crippen molar-refractivity contribution < 1.29 is 9.53 Å². The van der Waals surface area contributed by atoms with Crippen molar-refractivity contribution in [1.29, 1.82) is 0 Å². The van der Waals surface area contributed by atoms with Gasteiger partial charge in [0, 0.05) is 17.0 Å². The maximum atomic E-state index is 11.9. The number of carbonyl (C=O) groups excluding carboxylic acids is 1. The van der Waals surface area contributed by atoms with Gasteiger partial charge < -0.3 is 21.1 Å². The fourth-order valence-corrected chi connectivity index (χ4v) is 4.57. The molecule has 4 aromatic rings. The number of rotatable bonds is 6. The maximum Gasteiger partial charge on any atom is 0.304 e. The summed E-state index contributed by atoms with van der Waals surface area (Å²) in [5, 5.41) is 8.99. The van der Waals surface area contributed by atoms with Gasteiger partial charge in [0.05, 0.1) is 24.7 Å². The topological polar surface area (TPSA) is 120 Å². The van der Waals surface area contributed by atoms with E-state index >= 15 is 0 Å². The molecule has 4 N–H and O–H groups in total. The molecule has 5 rings (SSSR count). The first kappa shape index (κ1) is 20.3. The highest BCUT2D eigenvalue weighted by molar-refractivity contribution is 7.09. The number of methoxy groups -OCH3 is 1. The van der Waals surface area contributed by atoms with Gasteiger partial charge in [0.1, 0.15) is 17.2 Å². The van der Waals surface area contributed by atoms with E-state index in [0.717, 1.165) is 43.0 Å². The van der Waals surface area contributed by atoms with Gasteiger partial charge >= 0.3 is 6.01 Å². The van der Waals surface area contributed by atoms with E-state index in [1.165, 1.54) is 12.0 Å². The van der Waals surface area contributed by atoms with Crippen LogP contribution in [0.3, 0.4) is 0 Å². The molecule has 9 nitrogen and oxygen atoms in total. The third-order valence-electron chi connectivity index (χ3n) is 5.45. The number of para-hydroxylation sites is 1. The molecule has 0 fully saturated rings. The lowest BCUT2D eigenvalue weighted by Crippen LogP contribution is -2.13. The number of carbonyl (C=O) groups is 1. The summed E-state index contributed by atoms with van der Waals surface area (Å²) >= 11 is 1.70. The lowest BCUT2D eigenvalue weighted by atomic mass is 10.1. The minimum Gasteiger partial charge on any atom is -0.468 e. The molecule has 3 aromatic heterocycles. The van der Waals surface area contributed by atoms with Gasteiger partial charge in [-0.1, -0.05) is 12.1 Å². The number of ether oxygens (including phenoxy) is 1. The Hall–Kier alpha value is -3.66. The summed E-state index contributed by atoms with van der Waals surface area (Å²) in [4.78, 5) is 27.3. The second-order valence-electron chi connectivity index (χ2n) is 7.49. The van der Waals surface area contributed by atoms with Crippen LogP contribution in [0, 0.1) is 0 Å². The monoisotopic (exact) mass is 449 g/mol. The molecule has 0 atom stereocenters. The predicted octanol–water partition coefficient (Wildman–Crippen LogP) is 3.34. The molecule has 0 radical (unpaired) electrons. The number of hydrogen-bond acceptors (Lipinski definition) is 8. The molecule has 1 aliphatic rings. The second kappa shape index (κ2) is 8.46. The molecule has 0 bridgehead atoms. The molecule has 1 amide bonds. The summed E-state index contributed by atoms with van der Waals surface area (Å²) in [6, 6.07) is 9.67. The van der Waals surface area contributed by atoms with Gasteiger partial charge in [-0.15, -0.1) is 11.3 Å². The maximum absolute atomic E-state index is 11.9. The largest absolute Gasteiger partial charge is 0.468 e. The van der Waals surface area contributed by atoms with Crippen LogP contribution in [0.5, 0.6) is 6.01 Å². The number of amides is 1. The Morgan fingerprint density at radius 1 is 1.25 bits per heavy atom. The molecule has 32 heavy (non-hydrogen) atoms. The minimum absolute atomic E-state index is 0.284. The molecule has 10 heteroatoms. The fraction of sp³-hybridized carbons (Fsp3) is 0.273. The standard InChI is InChI=1S/C22H23N7O2S/c1-31-22-26-17-14(18(23)30)8-4-9-16(17)29(22)21-27-19-15(7-2-3-10-24-19)20(28-21)25-12-13-6-5-11-32-13/h4-6,8-9,11H,2-3,7,10,12H2,1H3,(H2,23,30)(H2,24,25,27,28). The van der Waals surface area contributed by atoms with Crippen molar-refractivity contribution in [2.75, 3.05) is 24.3 Å². The highest BCUT2D eigenvalue weighted by atomic mass is 32.1. The molecule has 0 spiro atoms.